The normalized spacial score (nSPS) is 21.4. The molecule has 0 aliphatic carbocycles. The highest BCUT2D eigenvalue weighted by atomic mass is 16.4. The number of nitrogens with one attached hydrogen (secondary N) is 3. The second kappa shape index (κ2) is 11.4. The number of carboxylic acid groups (broad SMARTS) is 2. The second-order valence-electron chi connectivity index (χ2n) is 9.35. The van der Waals surface area contributed by atoms with E-state index in [0.717, 1.165) is 31.5 Å². The SMILES string of the molecule is O=C(Nc1cccc(C[C@H](C(=O)O)[C@H]2CCNC2)c1)c1cnc(C[C@H](C(=O)O)[C@H]2CCNC2)cn1. The number of benzene rings is 1. The van der Waals surface area contributed by atoms with Crippen LogP contribution in [0.25, 0.3) is 0 Å². The highest BCUT2D eigenvalue weighted by Crippen LogP contribution is 2.25. The third kappa shape index (κ3) is 6.40. The van der Waals surface area contributed by atoms with Crippen molar-refractivity contribution in [3.05, 3.63) is 53.6 Å². The Kier molecular flexibility index (Phi) is 8.04. The molecule has 0 spiro atoms. The summed E-state index contributed by atoms with van der Waals surface area (Å²) >= 11 is 0. The molecular weight excluding hydrogens is 450 g/mol. The second-order valence-corrected chi connectivity index (χ2v) is 9.35. The molecule has 3 heterocycles. The Hall–Kier alpha value is -3.37. The molecule has 2 aliphatic heterocycles. The van der Waals surface area contributed by atoms with Crippen LogP contribution in [0.4, 0.5) is 5.69 Å². The predicted octanol–water partition coefficient (Wildman–Crippen LogP) is 1.43. The summed E-state index contributed by atoms with van der Waals surface area (Å²) in [6.07, 6.45) is 5.12. The summed E-state index contributed by atoms with van der Waals surface area (Å²) in [7, 11) is 0. The predicted molar refractivity (Wildman–Crippen MR) is 128 cm³/mol. The summed E-state index contributed by atoms with van der Waals surface area (Å²) in [4.78, 5) is 44.7. The van der Waals surface area contributed by atoms with E-state index in [1.165, 1.54) is 12.4 Å². The van der Waals surface area contributed by atoms with Crippen molar-refractivity contribution in [3.63, 3.8) is 0 Å². The average Bonchev–Trinajstić information content (AvgIpc) is 3.56. The standard InChI is InChI=1S/C25H31N5O5/c31-23(22-14-28-19(13-29-22)10-21(25(34)35)17-5-7-27-12-17)30-18-3-1-2-15(8-18)9-20(24(32)33)16-4-6-26-11-16/h1-3,8,13-14,16-17,20-21,26-27H,4-7,9-12H2,(H,30,31)(H,32,33)(H,34,35)/t16-,17-,20-,21-/m0/s1. The van der Waals surface area contributed by atoms with E-state index in [4.69, 9.17) is 0 Å². The zero-order valence-electron chi connectivity index (χ0n) is 19.4. The van der Waals surface area contributed by atoms with E-state index >= 15 is 0 Å². The Labute approximate surface area is 203 Å². The number of amides is 1. The lowest BCUT2D eigenvalue weighted by Crippen LogP contribution is -2.28. The van der Waals surface area contributed by atoms with Gasteiger partial charge in [0.25, 0.3) is 5.91 Å². The molecule has 0 bridgehead atoms. The molecule has 4 atom stereocenters. The third-order valence-electron chi connectivity index (χ3n) is 6.98. The van der Waals surface area contributed by atoms with E-state index in [-0.39, 0.29) is 24.0 Å². The minimum Gasteiger partial charge on any atom is -0.481 e. The van der Waals surface area contributed by atoms with Crippen molar-refractivity contribution in [1.82, 2.24) is 20.6 Å². The molecule has 35 heavy (non-hydrogen) atoms. The molecule has 0 unspecified atom stereocenters. The fourth-order valence-corrected chi connectivity index (χ4v) is 4.98. The Morgan fingerprint density at radius 3 is 2.14 bits per heavy atom. The first kappa shape index (κ1) is 24.7. The van der Waals surface area contributed by atoms with Crippen LogP contribution < -0.4 is 16.0 Å². The van der Waals surface area contributed by atoms with E-state index in [2.05, 4.69) is 25.9 Å². The lowest BCUT2D eigenvalue weighted by molar-refractivity contribution is -0.144. The molecule has 10 heteroatoms. The number of nitrogens with zero attached hydrogens (tertiary/aromatic N) is 2. The minimum absolute atomic E-state index is 0.0511. The first-order valence-electron chi connectivity index (χ1n) is 12.0. The van der Waals surface area contributed by atoms with Gasteiger partial charge in [-0.2, -0.15) is 0 Å². The summed E-state index contributed by atoms with van der Waals surface area (Å²) in [6, 6.07) is 7.17. The topological polar surface area (TPSA) is 154 Å². The number of carbonyl (C=O) groups excluding carboxylic acids is 1. The van der Waals surface area contributed by atoms with Crippen LogP contribution in [0.1, 0.15) is 34.6 Å². The van der Waals surface area contributed by atoms with Gasteiger partial charge in [0.15, 0.2) is 0 Å². The van der Waals surface area contributed by atoms with Gasteiger partial charge in [0.1, 0.15) is 5.69 Å². The van der Waals surface area contributed by atoms with Gasteiger partial charge in [-0.05, 0) is 75.0 Å². The lowest BCUT2D eigenvalue weighted by atomic mass is 9.86. The van der Waals surface area contributed by atoms with E-state index in [9.17, 15) is 24.6 Å². The van der Waals surface area contributed by atoms with E-state index in [1.807, 2.05) is 6.07 Å². The number of aliphatic carboxylic acids is 2. The van der Waals surface area contributed by atoms with Crippen LogP contribution in [0.3, 0.4) is 0 Å². The molecule has 2 saturated heterocycles. The van der Waals surface area contributed by atoms with E-state index in [0.29, 0.717) is 30.9 Å². The van der Waals surface area contributed by atoms with Crippen LogP contribution in [-0.2, 0) is 22.4 Å². The van der Waals surface area contributed by atoms with Crippen molar-refractivity contribution in [1.29, 1.82) is 0 Å². The molecule has 186 valence electrons. The molecule has 2 aliphatic rings. The number of anilines is 1. The van der Waals surface area contributed by atoms with Crippen molar-refractivity contribution in [2.45, 2.75) is 25.7 Å². The number of carbonyl (C=O) groups is 3. The first-order valence-corrected chi connectivity index (χ1v) is 12.0. The van der Waals surface area contributed by atoms with Crippen LogP contribution >= 0.6 is 0 Å². The molecule has 1 aromatic heterocycles. The fraction of sp³-hybridized carbons (Fsp3) is 0.480. The highest BCUT2D eigenvalue weighted by molar-refractivity contribution is 6.02. The fourth-order valence-electron chi connectivity index (χ4n) is 4.98. The maximum absolute atomic E-state index is 12.7. The quantitative estimate of drug-likeness (QED) is 0.339. The maximum atomic E-state index is 12.7. The van der Waals surface area contributed by atoms with E-state index in [1.54, 1.807) is 18.2 Å². The molecule has 1 aromatic carbocycles. The summed E-state index contributed by atoms with van der Waals surface area (Å²) in [5.74, 6) is -2.99. The van der Waals surface area contributed by atoms with Crippen molar-refractivity contribution >= 4 is 23.5 Å². The van der Waals surface area contributed by atoms with Crippen LogP contribution in [-0.4, -0.2) is 64.2 Å². The molecule has 4 rings (SSSR count). The monoisotopic (exact) mass is 481 g/mol. The van der Waals surface area contributed by atoms with Crippen LogP contribution in [0.2, 0.25) is 0 Å². The summed E-state index contributed by atoms with van der Waals surface area (Å²) < 4.78 is 0. The van der Waals surface area contributed by atoms with Crippen LogP contribution in [0.15, 0.2) is 36.7 Å². The van der Waals surface area contributed by atoms with Crippen LogP contribution in [0, 0.1) is 23.7 Å². The number of carboxylic acids is 2. The maximum Gasteiger partial charge on any atom is 0.307 e. The molecule has 2 fully saturated rings. The smallest absolute Gasteiger partial charge is 0.307 e. The number of rotatable bonds is 10. The van der Waals surface area contributed by atoms with Crippen molar-refractivity contribution in [2.24, 2.45) is 23.7 Å². The highest BCUT2D eigenvalue weighted by Gasteiger charge is 2.32. The van der Waals surface area contributed by atoms with Crippen LogP contribution in [0.5, 0.6) is 0 Å². The number of hydrogen-bond acceptors (Lipinski definition) is 7. The van der Waals surface area contributed by atoms with Gasteiger partial charge in [-0.25, -0.2) is 4.98 Å². The van der Waals surface area contributed by atoms with Gasteiger partial charge in [-0.3, -0.25) is 19.4 Å². The molecule has 2 aromatic rings. The largest absolute Gasteiger partial charge is 0.481 e. The molecule has 10 nitrogen and oxygen atoms in total. The Morgan fingerprint density at radius 1 is 0.943 bits per heavy atom. The van der Waals surface area contributed by atoms with Gasteiger partial charge in [-0.1, -0.05) is 12.1 Å². The zero-order chi connectivity index (χ0) is 24.8. The Balaban J connectivity index is 1.38. The molecular formula is C25H31N5O5. The van der Waals surface area contributed by atoms with E-state index < -0.39 is 29.7 Å². The molecule has 5 N–H and O–H groups in total. The Morgan fingerprint density at radius 2 is 1.60 bits per heavy atom. The Bertz CT molecular complexity index is 1050. The van der Waals surface area contributed by atoms with Crippen molar-refractivity contribution in [3.8, 4) is 0 Å². The van der Waals surface area contributed by atoms with Gasteiger partial charge in [0, 0.05) is 18.3 Å². The van der Waals surface area contributed by atoms with Crippen molar-refractivity contribution in [2.75, 3.05) is 31.5 Å². The average molecular weight is 482 g/mol. The van der Waals surface area contributed by atoms with Gasteiger partial charge < -0.3 is 26.2 Å². The van der Waals surface area contributed by atoms with Crippen molar-refractivity contribution < 1.29 is 24.6 Å². The third-order valence-corrected chi connectivity index (χ3v) is 6.98. The number of aromatic nitrogens is 2. The summed E-state index contributed by atoms with van der Waals surface area (Å²) in [5.41, 5.74) is 2.04. The van der Waals surface area contributed by atoms with Gasteiger partial charge >= 0.3 is 11.9 Å². The molecule has 0 radical (unpaired) electrons. The summed E-state index contributed by atoms with van der Waals surface area (Å²) in [6.45, 7) is 3.02. The van der Waals surface area contributed by atoms with Gasteiger partial charge in [0.05, 0.1) is 23.7 Å². The number of hydrogen-bond donors (Lipinski definition) is 5. The first-order chi connectivity index (χ1) is 16.9. The molecule has 1 amide bonds. The minimum atomic E-state index is -0.850. The zero-order valence-corrected chi connectivity index (χ0v) is 19.4. The molecule has 0 saturated carbocycles. The summed E-state index contributed by atoms with van der Waals surface area (Å²) in [5, 5.41) is 28.5. The van der Waals surface area contributed by atoms with Gasteiger partial charge in [0.2, 0.25) is 0 Å². The van der Waals surface area contributed by atoms with Gasteiger partial charge in [-0.15, -0.1) is 0 Å². The lowest BCUT2D eigenvalue weighted by Gasteiger charge is -2.19.